The largest absolute Gasteiger partial charge is 0.312 e. The van der Waals surface area contributed by atoms with Crippen molar-refractivity contribution in [1.29, 1.82) is 0 Å². The lowest BCUT2D eigenvalue weighted by atomic mass is 10.1. The fourth-order valence-corrected chi connectivity index (χ4v) is 3.16. The van der Waals surface area contributed by atoms with Crippen molar-refractivity contribution in [3.8, 4) is 0 Å². The number of hydrogen-bond donors (Lipinski definition) is 1. The first-order valence-electron chi connectivity index (χ1n) is 7.02. The van der Waals surface area contributed by atoms with Gasteiger partial charge in [0.2, 0.25) is 0 Å². The second-order valence-electron chi connectivity index (χ2n) is 5.45. The Morgan fingerprint density at radius 3 is 2.68 bits per heavy atom. The number of hydrogen-bond acceptors (Lipinski definition) is 5. The maximum Gasteiger partial charge on any atom is 0.258 e. The lowest BCUT2D eigenvalue weighted by Crippen LogP contribution is -2.34. The minimum atomic E-state index is -3.20. The minimum absolute atomic E-state index is 0.0376. The number of benzene rings is 1. The number of sulfone groups is 1. The summed E-state index contributed by atoms with van der Waals surface area (Å²) in [6.45, 7) is 1.77. The predicted molar refractivity (Wildman–Crippen MR) is 82.6 cm³/mol. The molecule has 1 aromatic carbocycles. The molecule has 1 N–H and O–H groups in total. The highest BCUT2D eigenvalue weighted by atomic mass is 32.2. The van der Waals surface area contributed by atoms with Gasteiger partial charge in [0, 0.05) is 25.8 Å². The molecule has 7 heteroatoms. The van der Waals surface area contributed by atoms with E-state index in [1.54, 1.807) is 35.2 Å². The van der Waals surface area contributed by atoms with E-state index < -0.39 is 9.84 Å². The molecule has 0 radical (unpaired) electrons. The molecule has 0 amide bonds. The molecule has 0 bridgehead atoms. The second kappa shape index (κ2) is 5.66. The molecule has 0 fully saturated rings. The fraction of sp³-hybridized carbons (Fsp3) is 0.333. The van der Waals surface area contributed by atoms with Crippen LogP contribution >= 0.6 is 0 Å². The Morgan fingerprint density at radius 2 is 2.00 bits per heavy atom. The third-order valence-electron chi connectivity index (χ3n) is 3.77. The van der Waals surface area contributed by atoms with Gasteiger partial charge in [-0.15, -0.1) is 0 Å². The van der Waals surface area contributed by atoms with Gasteiger partial charge < -0.3 is 5.32 Å². The third-order valence-corrected chi connectivity index (χ3v) is 4.89. The third kappa shape index (κ3) is 2.95. The van der Waals surface area contributed by atoms with E-state index in [4.69, 9.17) is 0 Å². The maximum atomic E-state index is 12.4. The molecule has 2 heterocycles. The quantitative estimate of drug-likeness (QED) is 0.882. The Balaban J connectivity index is 1.89. The molecule has 1 aliphatic rings. The first kappa shape index (κ1) is 14.9. The molecule has 6 nitrogen and oxygen atoms in total. The Labute approximate surface area is 128 Å². The van der Waals surface area contributed by atoms with Crippen molar-refractivity contribution in [2.24, 2.45) is 0 Å². The van der Waals surface area contributed by atoms with Gasteiger partial charge in [0.15, 0.2) is 9.84 Å². The van der Waals surface area contributed by atoms with Crippen LogP contribution in [0.15, 0.2) is 40.3 Å². The predicted octanol–water partition coefficient (Wildman–Crippen LogP) is 0.341. The molecule has 0 aliphatic carbocycles. The molecule has 116 valence electrons. The van der Waals surface area contributed by atoms with E-state index in [0.29, 0.717) is 13.1 Å². The molecule has 0 spiro atoms. The zero-order chi connectivity index (χ0) is 15.7. The van der Waals surface area contributed by atoms with Crippen molar-refractivity contribution in [3.05, 3.63) is 57.8 Å². The summed E-state index contributed by atoms with van der Waals surface area (Å²) >= 11 is 0. The van der Waals surface area contributed by atoms with E-state index >= 15 is 0 Å². The van der Waals surface area contributed by atoms with Crippen LogP contribution < -0.4 is 10.9 Å². The Hall–Kier alpha value is -1.99. The van der Waals surface area contributed by atoms with Crippen LogP contribution in [0.5, 0.6) is 0 Å². The summed E-state index contributed by atoms with van der Waals surface area (Å²) in [6, 6.07) is 6.56. The van der Waals surface area contributed by atoms with E-state index in [0.717, 1.165) is 29.8 Å². The van der Waals surface area contributed by atoms with Crippen LogP contribution in [-0.4, -0.2) is 30.8 Å². The first-order valence-corrected chi connectivity index (χ1v) is 8.91. The van der Waals surface area contributed by atoms with E-state index in [1.807, 2.05) is 0 Å². The van der Waals surface area contributed by atoms with Crippen LogP contribution in [0.3, 0.4) is 0 Å². The molecule has 0 atom stereocenters. The van der Waals surface area contributed by atoms with Gasteiger partial charge in [-0.25, -0.2) is 13.4 Å². The zero-order valence-electron chi connectivity index (χ0n) is 12.2. The standard InChI is InChI=1S/C15H17N3O3S/c1-22(20,21)12-4-2-11(3-5-12)9-18-10-17-14-6-7-16-8-13(14)15(18)19/h2-5,10,16H,6-9H2,1H3. The summed E-state index contributed by atoms with van der Waals surface area (Å²) in [6.07, 6.45) is 3.51. The van der Waals surface area contributed by atoms with Crippen molar-refractivity contribution >= 4 is 9.84 Å². The van der Waals surface area contributed by atoms with Crippen molar-refractivity contribution in [2.75, 3.05) is 12.8 Å². The molecule has 22 heavy (non-hydrogen) atoms. The lowest BCUT2D eigenvalue weighted by Gasteiger charge is -2.17. The second-order valence-corrected chi connectivity index (χ2v) is 7.46. The molecular formula is C15H17N3O3S. The summed E-state index contributed by atoms with van der Waals surface area (Å²) in [5, 5.41) is 3.18. The highest BCUT2D eigenvalue weighted by Crippen LogP contribution is 2.11. The van der Waals surface area contributed by atoms with Crippen LogP contribution in [0.25, 0.3) is 0 Å². The van der Waals surface area contributed by atoms with Crippen molar-refractivity contribution < 1.29 is 8.42 Å². The Bertz CT molecular complexity index is 855. The number of nitrogens with zero attached hydrogens (tertiary/aromatic N) is 2. The summed E-state index contributed by atoms with van der Waals surface area (Å²) in [5.74, 6) is 0. The van der Waals surface area contributed by atoms with E-state index in [1.165, 1.54) is 6.26 Å². The minimum Gasteiger partial charge on any atom is -0.312 e. The Kier molecular flexibility index (Phi) is 3.84. The van der Waals surface area contributed by atoms with E-state index in [2.05, 4.69) is 10.3 Å². The maximum absolute atomic E-state index is 12.4. The molecule has 1 aromatic heterocycles. The van der Waals surface area contributed by atoms with Gasteiger partial charge >= 0.3 is 0 Å². The highest BCUT2D eigenvalue weighted by Gasteiger charge is 2.15. The van der Waals surface area contributed by atoms with Crippen molar-refractivity contribution in [3.63, 3.8) is 0 Å². The number of rotatable bonds is 3. The molecule has 3 rings (SSSR count). The average molecular weight is 319 g/mol. The number of aromatic nitrogens is 2. The number of fused-ring (bicyclic) bond motifs is 1. The van der Waals surface area contributed by atoms with Crippen molar-refractivity contribution in [2.45, 2.75) is 24.4 Å². The topological polar surface area (TPSA) is 81.1 Å². The zero-order valence-corrected chi connectivity index (χ0v) is 13.1. The SMILES string of the molecule is CS(=O)(=O)c1ccc(Cn2cnc3c(c2=O)CNCC3)cc1. The van der Waals surface area contributed by atoms with Gasteiger partial charge in [-0.1, -0.05) is 12.1 Å². The lowest BCUT2D eigenvalue weighted by molar-refractivity contribution is 0.596. The molecule has 0 saturated heterocycles. The van der Waals surface area contributed by atoms with Gasteiger partial charge in [-0.2, -0.15) is 0 Å². The molecular weight excluding hydrogens is 302 g/mol. The monoisotopic (exact) mass is 319 g/mol. The summed E-state index contributed by atoms with van der Waals surface area (Å²) in [7, 11) is -3.20. The summed E-state index contributed by atoms with van der Waals surface area (Å²) in [4.78, 5) is 17.1. The van der Waals surface area contributed by atoms with Gasteiger partial charge in [0.05, 0.1) is 29.0 Å². The van der Waals surface area contributed by atoms with Crippen LogP contribution in [0.2, 0.25) is 0 Å². The highest BCUT2D eigenvalue weighted by molar-refractivity contribution is 7.90. The van der Waals surface area contributed by atoms with Crippen LogP contribution in [0.4, 0.5) is 0 Å². The molecule has 1 aliphatic heterocycles. The van der Waals surface area contributed by atoms with Crippen LogP contribution in [0.1, 0.15) is 16.8 Å². The van der Waals surface area contributed by atoms with Gasteiger partial charge in [0.25, 0.3) is 5.56 Å². The first-order chi connectivity index (χ1) is 10.4. The van der Waals surface area contributed by atoms with E-state index in [-0.39, 0.29) is 10.5 Å². The van der Waals surface area contributed by atoms with Gasteiger partial charge in [-0.3, -0.25) is 9.36 Å². The molecule has 0 unspecified atom stereocenters. The van der Waals surface area contributed by atoms with Gasteiger partial charge in [0.1, 0.15) is 0 Å². The fourth-order valence-electron chi connectivity index (χ4n) is 2.53. The molecule has 2 aromatic rings. The average Bonchev–Trinajstić information content (AvgIpc) is 2.50. The normalized spacial score (nSPS) is 14.6. The molecule has 0 saturated carbocycles. The smallest absolute Gasteiger partial charge is 0.258 e. The summed E-state index contributed by atoms with van der Waals surface area (Å²) < 4.78 is 24.4. The Morgan fingerprint density at radius 1 is 1.27 bits per heavy atom. The summed E-state index contributed by atoms with van der Waals surface area (Å²) in [5.41, 5.74) is 2.42. The van der Waals surface area contributed by atoms with Crippen LogP contribution in [-0.2, 0) is 29.3 Å². The number of nitrogens with one attached hydrogen (secondary N) is 1. The van der Waals surface area contributed by atoms with Crippen LogP contribution in [0, 0.1) is 0 Å². The van der Waals surface area contributed by atoms with E-state index in [9.17, 15) is 13.2 Å². The van der Waals surface area contributed by atoms with Crippen molar-refractivity contribution in [1.82, 2.24) is 14.9 Å². The van der Waals surface area contributed by atoms with Gasteiger partial charge in [-0.05, 0) is 17.7 Å².